The molecular weight excluding hydrogens is 118 g/mol. The third-order valence-corrected chi connectivity index (χ3v) is 0.320. The van der Waals surface area contributed by atoms with Crippen LogP contribution < -0.4 is 5.32 Å². The Hall–Kier alpha value is -0.990. The van der Waals surface area contributed by atoms with Crippen LogP contribution in [0, 0.1) is 0 Å². The third-order valence-electron chi connectivity index (χ3n) is 0.320. The number of amides is 1. The number of rotatable bonds is 1. The van der Waals surface area contributed by atoms with Gasteiger partial charge in [-0.15, -0.1) is 0 Å². The summed E-state index contributed by atoms with van der Waals surface area (Å²) in [4.78, 5) is 9.64. The average Bonchev–Trinajstić information content (AvgIpc) is 1.68. The fourth-order valence-corrected chi connectivity index (χ4v) is 0.183. The van der Waals surface area contributed by atoms with Crippen molar-refractivity contribution in [3.05, 3.63) is 12.3 Å². The zero-order valence-corrected chi connectivity index (χ0v) is 6.06. The Bertz CT molecular complexity index is 91.9. The second-order valence-corrected chi connectivity index (χ2v) is 1.21. The summed E-state index contributed by atoms with van der Waals surface area (Å²) in [5, 5.41) is 9.94. The van der Waals surface area contributed by atoms with Gasteiger partial charge in [0, 0.05) is 7.12 Å². The van der Waals surface area contributed by atoms with E-state index in [1.54, 1.807) is 6.92 Å². The molecule has 0 bridgehead atoms. The molecule has 0 aliphatic carbocycles. The molecule has 0 unspecified atom stereocenters. The largest absolute Gasteiger partial charge is 0.465 e. The highest BCUT2D eigenvalue weighted by atomic mass is 16.4. The molecule has 3 heteroatoms. The second kappa shape index (κ2) is 7.01. The highest BCUT2D eigenvalue weighted by molar-refractivity contribution is 5.66. The summed E-state index contributed by atoms with van der Waals surface area (Å²) < 4.78 is 0. The van der Waals surface area contributed by atoms with E-state index >= 15 is 0 Å². The van der Waals surface area contributed by atoms with Gasteiger partial charge in [-0.05, 0) is 6.92 Å². The Balaban J connectivity index is -0.000000149. The monoisotopic (exact) mass is 133 g/mol. The molecule has 0 fully saturated rings. The van der Waals surface area contributed by atoms with Crippen LogP contribution in [0.15, 0.2) is 12.3 Å². The predicted molar refractivity (Wildman–Crippen MR) is 39.4 cm³/mol. The van der Waals surface area contributed by atoms with Crippen LogP contribution in [0.3, 0.4) is 0 Å². The topological polar surface area (TPSA) is 49.3 Å². The molecule has 56 valence electrons. The molecule has 0 aliphatic rings. The highest BCUT2D eigenvalue weighted by Gasteiger charge is 1.88. The van der Waals surface area contributed by atoms with Gasteiger partial charge in [0.1, 0.15) is 0 Å². The van der Waals surface area contributed by atoms with Gasteiger partial charge < -0.3 is 5.11 Å². The number of carbonyl (C=O) groups is 1. The molecule has 0 rings (SSSR count). The van der Waals surface area contributed by atoms with E-state index in [0.717, 1.165) is 0 Å². The van der Waals surface area contributed by atoms with Gasteiger partial charge in [-0.1, -0.05) is 20.4 Å². The lowest BCUT2D eigenvalue weighted by atomic mass is 10.6. The summed E-state index contributed by atoms with van der Waals surface area (Å²) in [7, 11) is 0. The normalized spacial score (nSPS) is 6.56. The fraction of sp³-hybridized carbons (Fsp3) is 0.500. The van der Waals surface area contributed by atoms with Crippen molar-refractivity contribution >= 4 is 6.09 Å². The number of allylic oxidation sites excluding steroid dienone is 1. The quantitative estimate of drug-likeness (QED) is 0.575. The zero-order chi connectivity index (χ0) is 7.86. The molecule has 0 aromatic heterocycles. The minimum absolute atomic E-state index is 0. The van der Waals surface area contributed by atoms with Crippen molar-refractivity contribution < 1.29 is 11.3 Å². The van der Waals surface area contributed by atoms with Crippen LogP contribution in [0.1, 0.15) is 22.2 Å². The van der Waals surface area contributed by atoms with E-state index in [2.05, 4.69) is 6.58 Å². The van der Waals surface area contributed by atoms with Crippen molar-refractivity contribution in [2.24, 2.45) is 0 Å². The first-order valence-corrected chi connectivity index (χ1v) is 2.78. The van der Waals surface area contributed by atoms with Crippen LogP contribution in [0.5, 0.6) is 0 Å². The van der Waals surface area contributed by atoms with Crippen LogP contribution >= 0.6 is 0 Å². The summed E-state index contributed by atoms with van der Waals surface area (Å²) in [5.41, 5.74) is 0.438. The van der Waals surface area contributed by atoms with E-state index in [9.17, 15) is 4.79 Å². The van der Waals surface area contributed by atoms with Crippen molar-refractivity contribution in [2.45, 2.75) is 20.8 Å². The maximum absolute atomic E-state index is 9.64. The van der Waals surface area contributed by atoms with E-state index in [1.165, 1.54) is 0 Å². The number of nitrogens with one attached hydrogen (secondary N) is 1. The summed E-state index contributed by atoms with van der Waals surface area (Å²) in [6.45, 7) is 8.88. The Morgan fingerprint density at radius 3 is 2.00 bits per heavy atom. The number of carboxylic acid groups (broad SMARTS) is 1. The fourth-order valence-electron chi connectivity index (χ4n) is 0.183. The van der Waals surface area contributed by atoms with Gasteiger partial charge in [-0.25, -0.2) is 4.79 Å². The van der Waals surface area contributed by atoms with E-state index in [0.29, 0.717) is 5.70 Å². The lowest BCUT2D eigenvalue weighted by molar-refractivity contribution is 0.197. The lowest BCUT2D eigenvalue weighted by Crippen LogP contribution is -2.16. The summed E-state index contributed by atoms with van der Waals surface area (Å²) in [5.74, 6) is 0. The average molecular weight is 133 g/mol. The molecule has 0 aromatic carbocycles. The van der Waals surface area contributed by atoms with Gasteiger partial charge in [0.05, 0.1) is 0 Å². The second-order valence-electron chi connectivity index (χ2n) is 1.21. The van der Waals surface area contributed by atoms with Crippen molar-refractivity contribution in [2.75, 3.05) is 0 Å². The summed E-state index contributed by atoms with van der Waals surface area (Å²) in [6.07, 6.45) is -1.06. The maximum Gasteiger partial charge on any atom is 0.408 e. The van der Waals surface area contributed by atoms with Crippen LogP contribution in [0.4, 0.5) is 4.79 Å². The van der Waals surface area contributed by atoms with E-state index in [4.69, 9.17) is 5.11 Å². The first-order chi connectivity index (χ1) is 4.13. The molecule has 1 amide bonds. The third kappa shape index (κ3) is 19.4. The zero-order valence-electron chi connectivity index (χ0n) is 6.06. The van der Waals surface area contributed by atoms with Crippen molar-refractivity contribution in [1.82, 2.24) is 5.32 Å². The Kier molecular flexibility index (Phi) is 8.49. The van der Waals surface area contributed by atoms with Gasteiger partial charge in [-0.2, -0.15) is 0 Å². The molecule has 0 atom stereocenters. The first-order valence-electron chi connectivity index (χ1n) is 2.78. The van der Waals surface area contributed by atoms with Gasteiger partial charge >= 0.3 is 6.09 Å². The lowest BCUT2D eigenvalue weighted by Gasteiger charge is -1.92. The van der Waals surface area contributed by atoms with Gasteiger partial charge in [0.2, 0.25) is 0 Å². The van der Waals surface area contributed by atoms with Crippen molar-refractivity contribution in [3.63, 3.8) is 0 Å². The van der Waals surface area contributed by atoms with E-state index in [1.807, 2.05) is 19.2 Å². The highest BCUT2D eigenvalue weighted by Crippen LogP contribution is 1.74. The van der Waals surface area contributed by atoms with Crippen LogP contribution in [0.2, 0.25) is 0 Å². The Morgan fingerprint density at radius 1 is 1.67 bits per heavy atom. The van der Waals surface area contributed by atoms with Crippen LogP contribution in [0.25, 0.3) is 0 Å². The first kappa shape index (κ1) is 10.9. The smallest absolute Gasteiger partial charge is 0.408 e. The molecule has 0 spiro atoms. The van der Waals surface area contributed by atoms with Crippen molar-refractivity contribution in [1.29, 1.82) is 0 Å². The standard InChI is InChI=1S/C4H7NO2.C2H6.H2/c1-3(2)5-4(6)7;1-2;/h5H,1H2,2H3,(H,6,7);1-2H3;1H. The molecule has 0 saturated heterocycles. The van der Waals surface area contributed by atoms with Gasteiger partial charge in [0.25, 0.3) is 0 Å². The van der Waals surface area contributed by atoms with Gasteiger partial charge in [-0.3, -0.25) is 5.32 Å². The summed E-state index contributed by atoms with van der Waals surface area (Å²) >= 11 is 0. The Morgan fingerprint density at radius 2 is 2.00 bits per heavy atom. The molecule has 9 heavy (non-hydrogen) atoms. The SMILES string of the molecule is C=C(C)NC(=O)O.CC.[HH]. The van der Waals surface area contributed by atoms with E-state index < -0.39 is 6.09 Å². The molecule has 3 nitrogen and oxygen atoms in total. The molecule has 0 aromatic rings. The molecule has 0 radical (unpaired) electrons. The minimum atomic E-state index is -1.06. The Labute approximate surface area is 56.9 Å². The predicted octanol–water partition coefficient (Wildman–Crippen LogP) is 2.06. The van der Waals surface area contributed by atoms with Gasteiger partial charge in [0.15, 0.2) is 0 Å². The maximum atomic E-state index is 9.64. The molecular formula is C6H15NO2. The number of hydrogen-bond donors (Lipinski definition) is 2. The molecule has 0 aliphatic heterocycles. The molecule has 0 saturated carbocycles. The summed E-state index contributed by atoms with van der Waals surface area (Å²) in [6, 6.07) is 0. The molecule has 0 heterocycles. The number of hydrogen-bond acceptors (Lipinski definition) is 1. The van der Waals surface area contributed by atoms with Crippen molar-refractivity contribution in [3.8, 4) is 0 Å². The van der Waals surface area contributed by atoms with Crippen LogP contribution in [-0.2, 0) is 0 Å². The molecule has 2 N–H and O–H groups in total. The minimum Gasteiger partial charge on any atom is -0.465 e. The van der Waals surface area contributed by atoms with Crippen LogP contribution in [-0.4, -0.2) is 11.2 Å². The van der Waals surface area contributed by atoms with E-state index in [-0.39, 0.29) is 1.43 Å².